The van der Waals surface area contributed by atoms with Gasteiger partial charge in [0.15, 0.2) is 0 Å². The zero-order valence-corrected chi connectivity index (χ0v) is 14.0. The van der Waals surface area contributed by atoms with Crippen molar-refractivity contribution >= 4 is 34.2 Å². The molecule has 0 aromatic carbocycles. The van der Waals surface area contributed by atoms with Gasteiger partial charge in [-0.2, -0.15) is 0 Å². The van der Waals surface area contributed by atoms with Gasteiger partial charge in [-0.15, -0.1) is 22.7 Å². The van der Waals surface area contributed by atoms with Crippen LogP contribution in [0.5, 0.6) is 0 Å². The van der Waals surface area contributed by atoms with Gasteiger partial charge in [0.1, 0.15) is 0 Å². The third-order valence-electron chi connectivity index (χ3n) is 4.29. The number of carbonyl (C=O) groups excluding carboxylic acids is 1. The molecule has 1 saturated carbocycles. The molecule has 0 amide bonds. The summed E-state index contributed by atoms with van der Waals surface area (Å²) in [7, 11) is 1.47. The zero-order chi connectivity index (χ0) is 15.0. The number of allylic oxidation sites excluding steroid dienone is 1. The van der Waals surface area contributed by atoms with Crippen LogP contribution in [0.15, 0.2) is 41.1 Å². The maximum absolute atomic E-state index is 11.9. The number of hydrogen-bond acceptors (Lipinski definition) is 4. The van der Waals surface area contributed by atoms with E-state index in [2.05, 4.69) is 54.9 Å². The summed E-state index contributed by atoms with van der Waals surface area (Å²) in [6.45, 7) is 4.27. The van der Waals surface area contributed by atoms with E-state index >= 15 is 0 Å². The molecule has 2 aromatic heterocycles. The van der Waals surface area contributed by atoms with E-state index in [4.69, 9.17) is 4.74 Å². The summed E-state index contributed by atoms with van der Waals surface area (Å²) >= 11 is 3.47. The molecule has 0 bridgehead atoms. The van der Waals surface area contributed by atoms with Gasteiger partial charge in [0.05, 0.1) is 13.0 Å². The fourth-order valence-electron chi connectivity index (χ4n) is 2.89. The summed E-state index contributed by atoms with van der Waals surface area (Å²) in [6, 6.07) is 8.41. The third kappa shape index (κ3) is 2.58. The van der Waals surface area contributed by atoms with Gasteiger partial charge < -0.3 is 4.74 Å². The van der Waals surface area contributed by atoms with Crippen molar-refractivity contribution in [2.75, 3.05) is 7.11 Å². The molecule has 2 nitrogen and oxygen atoms in total. The van der Waals surface area contributed by atoms with Gasteiger partial charge in [0, 0.05) is 15.3 Å². The van der Waals surface area contributed by atoms with Crippen LogP contribution in [-0.4, -0.2) is 13.1 Å². The smallest absolute Gasteiger partial charge is 0.309 e. The van der Waals surface area contributed by atoms with Crippen LogP contribution in [0, 0.1) is 17.3 Å². The first-order valence-electron chi connectivity index (χ1n) is 6.93. The number of carbonyl (C=O) groups is 1. The maximum atomic E-state index is 11.9. The van der Waals surface area contributed by atoms with Crippen LogP contribution in [0.1, 0.15) is 23.6 Å². The topological polar surface area (TPSA) is 26.3 Å². The number of thiophene rings is 2. The number of ether oxygens (including phenoxy) is 1. The fraction of sp³-hybridized carbons (Fsp3) is 0.353. The lowest BCUT2D eigenvalue weighted by Gasteiger charge is -2.04. The van der Waals surface area contributed by atoms with Crippen LogP contribution >= 0.6 is 22.7 Å². The van der Waals surface area contributed by atoms with Gasteiger partial charge in [0.25, 0.3) is 0 Å². The molecule has 2 heterocycles. The van der Waals surface area contributed by atoms with Gasteiger partial charge in [-0.05, 0) is 34.2 Å². The van der Waals surface area contributed by atoms with Crippen molar-refractivity contribution < 1.29 is 9.53 Å². The normalized spacial score (nSPS) is 22.6. The molecule has 0 aliphatic heterocycles. The van der Waals surface area contributed by atoms with E-state index in [1.165, 1.54) is 22.4 Å². The number of rotatable bonds is 4. The molecule has 3 rings (SSSR count). The SMILES string of the molecule is COC(=O)[C@@H]1[C@@H](C=C(c2cccs2)c2cccs2)C1(C)C. The maximum Gasteiger partial charge on any atom is 0.309 e. The van der Waals surface area contributed by atoms with Gasteiger partial charge in [-0.25, -0.2) is 0 Å². The monoisotopic (exact) mass is 318 g/mol. The molecule has 0 unspecified atom stereocenters. The molecule has 1 aliphatic rings. The van der Waals surface area contributed by atoms with E-state index in [1.54, 1.807) is 22.7 Å². The average molecular weight is 318 g/mol. The zero-order valence-electron chi connectivity index (χ0n) is 12.3. The highest BCUT2D eigenvalue weighted by Crippen LogP contribution is 2.60. The molecule has 1 aliphatic carbocycles. The molecule has 0 saturated heterocycles. The molecule has 1 fully saturated rings. The highest BCUT2D eigenvalue weighted by molar-refractivity contribution is 7.13. The van der Waals surface area contributed by atoms with E-state index < -0.39 is 0 Å². The van der Waals surface area contributed by atoms with E-state index in [-0.39, 0.29) is 23.2 Å². The second-order valence-electron chi connectivity index (χ2n) is 5.88. The first kappa shape index (κ1) is 14.5. The molecular weight excluding hydrogens is 300 g/mol. The Morgan fingerprint density at radius 3 is 2.19 bits per heavy atom. The van der Waals surface area contributed by atoms with Crippen molar-refractivity contribution in [2.45, 2.75) is 13.8 Å². The molecule has 4 heteroatoms. The Morgan fingerprint density at radius 2 is 1.76 bits per heavy atom. The first-order chi connectivity index (χ1) is 10.1. The quantitative estimate of drug-likeness (QED) is 0.765. The van der Waals surface area contributed by atoms with E-state index in [9.17, 15) is 4.79 Å². The Bertz CT molecular complexity index is 615. The second-order valence-corrected chi connectivity index (χ2v) is 7.78. The molecule has 110 valence electrons. The molecular formula is C17H18O2S2. The Hall–Kier alpha value is -1.39. The summed E-state index contributed by atoms with van der Waals surface area (Å²) in [5, 5.41) is 4.18. The first-order valence-corrected chi connectivity index (χ1v) is 8.69. The lowest BCUT2D eigenvalue weighted by molar-refractivity contribution is -0.143. The predicted molar refractivity (Wildman–Crippen MR) is 88.5 cm³/mol. The molecule has 2 atom stereocenters. The molecule has 0 spiro atoms. The minimum atomic E-state index is -0.0991. The average Bonchev–Trinajstić information content (AvgIpc) is 3.00. The lowest BCUT2D eigenvalue weighted by atomic mass is 10.1. The van der Waals surface area contributed by atoms with E-state index in [0.29, 0.717) is 0 Å². The van der Waals surface area contributed by atoms with Crippen molar-refractivity contribution in [1.29, 1.82) is 0 Å². The number of esters is 1. The summed E-state index contributed by atoms with van der Waals surface area (Å²) in [5.74, 6) is 0.111. The van der Waals surface area contributed by atoms with Crippen LogP contribution in [0.2, 0.25) is 0 Å². The minimum absolute atomic E-state index is 0.0210. The minimum Gasteiger partial charge on any atom is -0.469 e. The summed E-state index contributed by atoms with van der Waals surface area (Å²) < 4.78 is 4.94. The largest absolute Gasteiger partial charge is 0.469 e. The van der Waals surface area contributed by atoms with Crippen molar-refractivity contribution in [3.05, 3.63) is 50.9 Å². The Balaban J connectivity index is 1.97. The van der Waals surface area contributed by atoms with Crippen LogP contribution in [0.3, 0.4) is 0 Å². The van der Waals surface area contributed by atoms with Crippen molar-refractivity contribution in [2.24, 2.45) is 17.3 Å². The highest BCUT2D eigenvalue weighted by atomic mass is 32.1. The highest BCUT2D eigenvalue weighted by Gasteiger charge is 2.61. The summed E-state index contributed by atoms with van der Waals surface area (Å²) in [5.41, 5.74) is 1.22. The van der Waals surface area contributed by atoms with Crippen molar-refractivity contribution in [1.82, 2.24) is 0 Å². The van der Waals surface area contributed by atoms with Gasteiger partial charge >= 0.3 is 5.97 Å². The van der Waals surface area contributed by atoms with Crippen LogP contribution in [0.25, 0.3) is 5.57 Å². The van der Waals surface area contributed by atoms with E-state index in [1.807, 2.05) is 0 Å². The summed E-state index contributed by atoms with van der Waals surface area (Å²) in [6.07, 6.45) is 2.26. The van der Waals surface area contributed by atoms with Crippen molar-refractivity contribution in [3.8, 4) is 0 Å². The van der Waals surface area contributed by atoms with Crippen LogP contribution in [0.4, 0.5) is 0 Å². The Morgan fingerprint density at radius 1 is 1.19 bits per heavy atom. The lowest BCUT2D eigenvalue weighted by Crippen LogP contribution is -2.07. The van der Waals surface area contributed by atoms with Gasteiger partial charge in [-0.3, -0.25) is 4.79 Å². The summed E-state index contributed by atoms with van der Waals surface area (Å²) in [4.78, 5) is 14.4. The van der Waals surface area contributed by atoms with Crippen LogP contribution < -0.4 is 0 Å². The number of hydrogen-bond donors (Lipinski definition) is 0. The predicted octanol–water partition coefficient (Wildman–Crippen LogP) is 4.69. The standard InChI is InChI=1S/C17H18O2S2/c1-17(2)12(15(17)16(18)19-3)10-11(13-6-4-8-20-13)14-7-5-9-21-14/h4-10,12,15H,1-3H3/t12-,15+/m1/s1. The molecule has 21 heavy (non-hydrogen) atoms. The molecule has 2 aromatic rings. The molecule has 0 N–H and O–H groups in total. The van der Waals surface area contributed by atoms with Crippen molar-refractivity contribution in [3.63, 3.8) is 0 Å². The molecule has 0 radical (unpaired) electrons. The Kier molecular flexibility index (Phi) is 3.76. The number of methoxy groups -OCH3 is 1. The Labute approximate surface area is 133 Å². The second kappa shape index (κ2) is 5.43. The van der Waals surface area contributed by atoms with Gasteiger partial charge in [0.2, 0.25) is 0 Å². The van der Waals surface area contributed by atoms with Crippen LogP contribution in [-0.2, 0) is 9.53 Å². The third-order valence-corrected chi connectivity index (χ3v) is 6.09. The fourth-order valence-corrected chi connectivity index (χ4v) is 4.49. The van der Waals surface area contributed by atoms with Gasteiger partial charge in [-0.1, -0.05) is 32.1 Å². The van der Waals surface area contributed by atoms with E-state index in [0.717, 1.165) is 0 Å².